The molecule has 3 heterocycles. The lowest BCUT2D eigenvalue weighted by molar-refractivity contribution is -0.706. The Kier molecular flexibility index (Phi) is 10.2. The topological polar surface area (TPSA) is 22.4 Å². The van der Waals surface area contributed by atoms with E-state index in [-0.39, 0.29) is 21.7 Å². The van der Waals surface area contributed by atoms with E-state index < -0.39 is 0 Å². The largest absolute Gasteiger partial charge is 0.496 e. The Morgan fingerprint density at radius 1 is 0.459 bits per heavy atom. The molecular weight excluding hydrogens is 750 g/mol. The first-order valence-electron chi connectivity index (χ1n) is 21.6. The summed E-state index contributed by atoms with van der Waals surface area (Å²) in [5.74, 6) is 0.709. The fourth-order valence-corrected chi connectivity index (χ4v) is 8.57. The van der Waals surface area contributed by atoms with Crippen LogP contribution in [0.15, 0.2) is 133 Å². The first kappa shape index (κ1) is 41.8. The molecule has 2 aliphatic heterocycles. The van der Waals surface area contributed by atoms with E-state index in [0.717, 1.165) is 72.1 Å². The number of aromatic nitrogens is 3. The Bertz CT molecular complexity index is 2830. The van der Waals surface area contributed by atoms with Crippen LogP contribution in [0.25, 0.3) is 67.1 Å². The van der Waals surface area contributed by atoms with Gasteiger partial charge in [0.15, 0.2) is 22.6 Å². The van der Waals surface area contributed by atoms with Crippen LogP contribution in [0.3, 0.4) is 0 Å². The van der Waals surface area contributed by atoms with Crippen molar-refractivity contribution < 1.29 is 13.9 Å². The number of hydrogen-bond acceptors (Lipinski definition) is 1. The molecule has 6 aromatic rings. The number of rotatable bonds is 6. The lowest BCUT2D eigenvalue weighted by atomic mass is 9.85. The van der Waals surface area contributed by atoms with Crippen LogP contribution in [0, 0.1) is 0 Å². The fraction of sp³-hybridized carbons (Fsp3) is 0.304. The SMILES string of the molecule is COc1ccccc1-c1c2c(-c3ccc(C(C)(C)C)cc3)cc(-c3ccc(C(C)(C)C)cc3)[n+]-2n(F)n2c(-c3ccc(C(C)(C)C)cc3)cc(-c3ccc(C(C)(C)C)cc3)c12. The smallest absolute Gasteiger partial charge is 0.177 e. The summed E-state index contributed by atoms with van der Waals surface area (Å²) in [7, 11) is 1.71. The molecule has 0 bridgehead atoms. The van der Waals surface area contributed by atoms with E-state index in [0.29, 0.717) is 5.75 Å². The summed E-state index contributed by atoms with van der Waals surface area (Å²) < 4.78 is 28.4. The maximum Gasteiger partial charge on any atom is 0.177 e. The molecule has 8 rings (SSSR count). The second kappa shape index (κ2) is 14.9. The van der Waals surface area contributed by atoms with Crippen LogP contribution in [0.4, 0.5) is 4.48 Å². The zero-order valence-electron chi connectivity index (χ0n) is 38.3. The Labute approximate surface area is 362 Å². The minimum Gasteiger partial charge on any atom is -0.496 e. The number of ether oxygens (including phenoxy) is 1. The maximum absolute atomic E-state index is 18.7. The van der Waals surface area contributed by atoms with Crippen LogP contribution in [0.5, 0.6) is 5.75 Å². The second-order valence-electron chi connectivity index (χ2n) is 20.8. The number of nitrogens with zero attached hydrogens (tertiary/aromatic N) is 3. The van der Waals surface area contributed by atoms with Crippen molar-refractivity contribution in [3.8, 4) is 67.3 Å². The molecule has 4 nitrogen and oxygen atoms in total. The van der Waals surface area contributed by atoms with E-state index in [9.17, 15) is 0 Å². The zero-order valence-corrected chi connectivity index (χ0v) is 38.3. The van der Waals surface area contributed by atoms with Gasteiger partial charge in [0, 0.05) is 39.9 Å². The molecule has 0 unspecified atom stereocenters. The number of benzene rings is 5. The first-order valence-corrected chi connectivity index (χ1v) is 21.6. The van der Waals surface area contributed by atoms with Gasteiger partial charge in [-0.3, -0.25) is 0 Å². The highest BCUT2D eigenvalue weighted by Crippen LogP contribution is 2.47. The van der Waals surface area contributed by atoms with Crippen LogP contribution in [0.2, 0.25) is 0 Å². The fourth-order valence-electron chi connectivity index (χ4n) is 8.57. The van der Waals surface area contributed by atoms with Crippen LogP contribution in [-0.4, -0.2) is 16.6 Å². The monoisotopic (exact) mass is 810 g/mol. The van der Waals surface area contributed by atoms with Gasteiger partial charge in [-0.25, -0.2) is 0 Å². The molecular formula is C56H61FN3O+. The van der Waals surface area contributed by atoms with Gasteiger partial charge in [-0.2, -0.15) is 0 Å². The standard InChI is InChI=1S/C56H61FN3O/c1-53(2,3)40-26-18-36(19-27-40)45-34-47(38-22-30-42(31-23-38)55(7,8)9)58-51(45)50(44-16-14-15-17-49(44)61-13)52-46(37-20-28-41(29-21-37)54(4,5)6)35-48(59(52)60(58)57)39-24-32-43(33-25-39)56(10,11)12/h14-35H,1-13H3/q+1. The molecule has 0 radical (unpaired) electrons. The van der Waals surface area contributed by atoms with Crippen LogP contribution in [0.1, 0.15) is 105 Å². The Hall–Kier alpha value is -5.94. The van der Waals surface area contributed by atoms with Gasteiger partial charge in [-0.15, -0.1) is 0 Å². The number of hydrogen-bond donors (Lipinski definition) is 0. The first-order chi connectivity index (χ1) is 28.7. The van der Waals surface area contributed by atoms with Crippen LogP contribution < -0.4 is 9.42 Å². The normalized spacial score (nSPS) is 12.8. The lowest BCUT2D eigenvalue weighted by Crippen LogP contribution is -2.45. The summed E-state index contributed by atoms with van der Waals surface area (Å²) in [6.07, 6.45) is 0. The molecule has 0 amide bonds. The summed E-state index contributed by atoms with van der Waals surface area (Å²) in [6, 6.07) is 47.3. The highest BCUT2D eigenvalue weighted by Gasteiger charge is 2.39. The van der Waals surface area contributed by atoms with Gasteiger partial charge in [-0.1, -0.05) is 208 Å². The molecule has 1 aromatic heterocycles. The number of methoxy groups -OCH3 is 1. The van der Waals surface area contributed by atoms with Crippen molar-refractivity contribution >= 4 is 5.52 Å². The molecule has 312 valence electrons. The van der Waals surface area contributed by atoms with Crippen molar-refractivity contribution in [2.75, 3.05) is 7.11 Å². The maximum atomic E-state index is 18.7. The quantitative estimate of drug-likeness (QED) is 0.153. The number of halogens is 1. The van der Waals surface area contributed by atoms with Gasteiger partial charge >= 0.3 is 0 Å². The third-order valence-electron chi connectivity index (χ3n) is 12.3. The summed E-state index contributed by atoms with van der Waals surface area (Å²) in [5.41, 5.74) is 15.2. The molecule has 0 atom stereocenters. The molecule has 0 N–H and O–H groups in total. The minimum atomic E-state index is -0.0347. The number of fused-ring (bicyclic) bond motifs is 2. The van der Waals surface area contributed by atoms with E-state index in [2.05, 4.69) is 198 Å². The highest BCUT2D eigenvalue weighted by atomic mass is 19.2. The summed E-state index contributed by atoms with van der Waals surface area (Å²) >= 11 is 0. The van der Waals surface area contributed by atoms with Crippen LogP contribution in [-0.2, 0) is 21.7 Å². The van der Waals surface area contributed by atoms with Crippen LogP contribution >= 0.6 is 0 Å². The molecule has 61 heavy (non-hydrogen) atoms. The van der Waals surface area contributed by atoms with E-state index in [1.165, 1.54) is 22.3 Å². The minimum absolute atomic E-state index is 0.0249. The predicted octanol–water partition coefficient (Wildman–Crippen LogP) is 14.7. The lowest BCUT2D eigenvalue weighted by Gasteiger charge is -2.20. The van der Waals surface area contributed by atoms with E-state index in [1.54, 1.807) is 16.3 Å². The van der Waals surface area contributed by atoms with Crippen molar-refractivity contribution in [1.29, 1.82) is 0 Å². The van der Waals surface area contributed by atoms with E-state index >= 15 is 4.48 Å². The van der Waals surface area contributed by atoms with Gasteiger partial charge in [0.2, 0.25) is 0 Å². The van der Waals surface area contributed by atoms with Crippen molar-refractivity contribution in [1.82, 2.24) is 9.53 Å². The molecule has 5 aromatic carbocycles. The summed E-state index contributed by atoms with van der Waals surface area (Å²) in [6.45, 7) is 26.7. The van der Waals surface area contributed by atoms with Gasteiger partial charge in [0.05, 0.1) is 12.7 Å². The van der Waals surface area contributed by atoms with E-state index in [4.69, 9.17) is 4.74 Å². The summed E-state index contributed by atoms with van der Waals surface area (Å²) in [5, 5.41) is 0.837. The average molecular weight is 811 g/mol. The van der Waals surface area contributed by atoms with Crippen molar-refractivity contribution in [3.63, 3.8) is 0 Å². The molecule has 2 aliphatic rings. The van der Waals surface area contributed by atoms with E-state index in [1.807, 2.05) is 18.2 Å². The molecule has 0 saturated carbocycles. The third-order valence-corrected chi connectivity index (χ3v) is 12.3. The molecule has 0 aliphatic carbocycles. The Balaban J connectivity index is 1.58. The molecule has 5 heteroatoms. The third kappa shape index (κ3) is 7.58. The number of para-hydroxylation sites is 1. The van der Waals surface area contributed by atoms with Gasteiger partial charge in [-0.05, 0) is 65.6 Å². The van der Waals surface area contributed by atoms with Gasteiger partial charge in [0.25, 0.3) is 0 Å². The van der Waals surface area contributed by atoms with Gasteiger partial charge in [0.1, 0.15) is 10.8 Å². The average Bonchev–Trinajstić information content (AvgIpc) is 3.81. The molecule has 0 spiro atoms. The molecule has 0 fully saturated rings. The van der Waals surface area contributed by atoms with Gasteiger partial charge < -0.3 is 4.74 Å². The predicted molar refractivity (Wildman–Crippen MR) is 253 cm³/mol. The zero-order chi connectivity index (χ0) is 43.8. The van der Waals surface area contributed by atoms with Crippen molar-refractivity contribution in [2.45, 2.75) is 105 Å². The van der Waals surface area contributed by atoms with Crippen molar-refractivity contribution in [3.05, 3.63) is 156 Å². The van der Waals surface area contributed by atoms with Crippen molar-refractivity contribution in [2.24, 2.45) is 0 Å². The second-order valence-corrected chi connectivity index (χ2v) is 20.8. The highest BCUT2D eigenvalue weighted by molar-refractivity contribution is 6.02. The summed E-state index contributed by atoms with van der Waals surface area (Å²) in [4.78, 5) is 0. The Morgan fingerprint density at radius 2 is 0.869 bits per heavy atom. The molecule has 0 saturated heterocycles. The Morgan fingerprint density at radius 3 is 1.31 bits per heavy atom.